The monoisotopic (exact) mass is 415 g/mol. The van der Waals surface area contributed by atoms with Crippen molar-refractivity contribution in [1.82, 2.24) is 15.3 Å². The Hall–Kier alpha value is -2.54. The molecule has 0 saturated heterocycles. The van der Waals surface area contributed by atoms with Crippen LogP contribution in [-0.2, 0) is 9.53 Å². The maximum absolute atomic E-state index is 12.8. The third-order valence-corrected chi connectivity index (χ3v) is 5.38. The Balaban J connectivity index is 2.18. The molecule has 0 bridgehead atoms. The van der Waals surface area contributed by atoms with Gasteiger partial charge >= 0.3 is 5.97 Å². The lowest BCUT2D eigenvalue weighted by Crippen LogP contribution is -2.40. The number of carbonyl (C=O) groups excluding carboxylic acids is 2. The first-order valence-corrected chi connectivity index (χ1v) is 10.6. The highest BCUT2D eigenvalue weighted by molar-refractivity contribution is 5.89. The second kappa shape index (κ2) is 11.0. The van der Waals surface area contributed by atoms with Crippen molar-refractivity contribution in [2.75, 3.05) is 7.05 Å². The molecule has 0 aliphatic heterocycles. The number of aromatic nitrogens is 2. The lowest BCUT2D eigenvalue weighted by atomic mass is 9.86. The summed E-state index contributed by atoms with van der Waals surface area (Å²) in [5.74, 6) is -0.871. The molecule has 0 aliphatic rings. The van der Waals surface area contributed by atoms with Crippen molar-refractivity contribution in [2.24, 2.45) is 17.8 Å². The quantitative estimate of drug-likeness (QED) is 0.577. The number of ether oxygens (including phenoxy) is 1. The van der Waals surface area contributed by atoms with E-state index in [0.29, 0.717) is 29.8 Å². The lowest BCUT2D eigenvalue weighted by Gasteiger charge is -2.30. The molecule has 1 unspecified atom stereocenters. The largest absolute Gasteiger partial charge is 0.455 e. The van der Waals surface area contributed by atoms with Gasteiger partial charge in [-0.25, -0.2) is 9.78 Å². The molecule has 1 amide bonds. The molecule has 0 fully saturated rings. The molecule has 30 heavy (non-hydrogen) atoms. The summed E-state index contributed by atoms with van der Waals surface area (Å²) in [6.45, 7) is 7.96. The van der Waals surface area contributed by atoms with Crippen molar-refractivity contribution in [1.29, 1.82) is 0 Å². The van der Waals surface area contributed by atoms with Crippen LogP contribution >= 0.6 is 0 Å². The Bertz CT molecular complexity index is 855. The summed E-state index contributed by atoms with van der Waals surface area (Å²) in [6, 6.07) is 7.27. The summed E-state index contributed by atoms with van der Waals surface area (Å²) < 4.78 is 5.70. The SMILES string of the molecule is CCC(C)[C@H](OC(=O)c1cnc2ccccc2n1)[C@@H](O)C[C@@H](CC(C)C)C(=O)NC. The highest BCUT2D eigenvalue weighted by Gasteiger charge is 2.33. The van der Waals surface area contributed by atoms with Gasteiger partial charge in [-0.1, -0.05) is 39.8 Å². The number of benzene rings is 1. The molecule has 0 aliphatic carbocycles. The number of amides is 1. The third kappa shape index (κ3) is 6.23. The topological polar surface area (TPSA) is 101 Å². The van der Waals surface area contributed by atoms with E-state index < -0.39 is 18.2 Å². The van der Waals surface area contributed by atoms with E-state index in [9.17, 15) is 14.7 Å². The minimum Gasteiger partial charge on any atom is -0.455 e. The van der Waals surface area contributed by atoms with Crippen molar-refractivity contribution in [3.8, 4) is 0 Å². The van der Waals surface area contributed by atoms with E-state index in [1.54, 1.807) is 13.1 Å². The molecular weight excluding hydrogens is 382 g/mol. The molecule has 2 rings (SSSR count). The Morgan fingerprint density at radius 2 is 1.80 bits per heavy atom. The summed E-state index contributed by atoms with van der Waals surface area (Å²) in [4.78, 5) is 33.6. The number of rotatable bonds is 10. The zero-order chi connectivity index (χ0) is 22.3. The molecule has 2 N–H and O–H groups in total. The number of carbonyl (C=O) groups is 2. The first-order chi connectivity index (χ1) is 14.3. The van der Waals surface area contributed by atoms with Crippen molar-refractivity contribution < 1.29 is 19.4 Å². The van der Waals surface area contributed by atoms with Gasteiger partial charge in [0.05, 0.1) is 23.3 Å². The number of hydrogen-bond donors (Lipinski definition) is 2. The van der Waals surface area contributed by atoms with Crippen molar-refractivity contribution in [3.63, 3.8) is 0 Å². The molecule has 2 aromatic rings. The zero-order valence-corrected chi connectivity index (χ0v) is 18.5. The molecule has 1 heterocycles. The first kappa shape index (κ1) is 23.7. The summed E-state index contributed by atoms with van der Waals surface area (Å²) in [5.41, 5.74) is 1.39. The number of aliphatic hydroxyl groups is 1. The number of hydrogen-bond acceptors (Lipinski definition) is 6. The maximum atomic E-state index is 12.8. The number of esters is 1. The van der Waals surface area contributed by atoms with Gasteiger partial charge in [-0.3, -0.25) is 9.78 Å². The van der Waals surface area contributed by atoms with Crippen LogP contribution in [0.1, 0.15) is 57.4 Å². The number of fused-ring (bicyclic) bond motifs is 1. The summed E-state index contributed by atoms with van der Waals surface area (Å²) in [7, 11) is 1.59. The minimum absolute atomic E-state index is 0.0817. The number of aliphatic hydroxyl groups excluding tert-OH is 1. The molecule has 0 radical (unpaired) electrons. The Morgan fingerprint density at radius 3 is 2.40 bits per heavy atom. The maximum Gasteiger partial charge on any atom is 0.358 e. The number of nitrogens with zero attached hydrogens (tertiary/aromatic N) is 2. The van der Waals surface area contributed by atoms with Gasteiger partial charge in [0.25, 0.3) is 0 Å². The molecule has 4 atom stereocenters. The predicted molar refractivity (Wildman–Crippen MR) is 116 cm³/mol. The van der Waals surface area contributed by atoms with E-state index in [1.165, 1.54) is 6.20 Å². The third-order valence-electron chi connectivity index (χ3n) is 5.38. The number of para-hydroxylation sites is 2. The molecule has 1 aromatic carbocycles. The van der Waals surface area contributed by atoms with E-state index >= 15 is 0 Å². The Morgan fingerprint density at radius 1 is 1.13 bits per heavy atom. The van der Waals surface area contributed by atoms with E-state index in [4.69, 9.17) is 4.74 Å². The van der Waals surface area contributed by atoms with Gasteiger partial charge in [-0.2, -0.15) is 0 Å². The van der Waals surface area contributed by atoms with E-state index in [-0.39, 0.29) is 29.9 Å². The van der Waals surface area contributed by atoms with Gasteiger partial charge in [0.1, 0.15) is 6.10 Å². The van der Waals surface area contributed by atoms with Crippen molar-refractivity contribution >= 4 is 22.9 Å². The smallest absolute Gasteiger partial charge is 0.358 e. The second-order valence-corrected chi connectivity index (χ2v) is 8.24. The minimum atomic E-state index is -0.960. The molecule has 0 spiro atoms. The fraction of sp³-hybridized carbons (Fsp3) is 0.565. The van der Waals surface area contributed by atoms with Gasteiger partial charge in [0.2, 0.25) is 5.91 Å². The second-order valence-electron chi connectivity index (χ2n) is 8.24. The molecular formula is C23H33N3O4. The fourth-order valence-electron chi connectivity index (χ4n) is 3.55. The van der Waals surface area contributed by atoms with Gasteiger partial charge in [-0.05, 0) is 43.2 Å². The van der Waals surface area contributed by atoms with Crippen LogP contribution in [0.25, 0.3) is 11.0 Å². The molecule has 0 saturated carbocycles. The van der Waals surface area contributed by atoms with E-state index in [0.717, 1.165) is 0 Å². The van der Waals surface area contributed by atoms with Gasteiger partial charge in [0.15, 0.2) is 5.69 Å². The lowest BCUT2D eigenvalue weighted by molar-refractivity contribution is -0.127. The highest BCUT2D eigenvalue weighted by Crippen LogP contribution is 2.25. The summed E-state index contributed by atoms with van der Waals surface area (Å²) >= 11 is 0. The van der Waals surface area contributed by atoms with Gasteiger partial charge in [0, 0.05) is 13.0 Å². The van der Waals surface area contributed by atoms with Crippen LogP contribution in [-0.4, -0.2) is 46.2 Å². The summed E-state index contributed by atoms with van der Waals surface area (Å²) in [6.07, 6.45) is 1.27. The van der Waals surface area contributed by atoms with Crippen LogP contribution in [0.15, 0.2) is 30.5 Å². The average molecular weight is 416 g/mol. The Labute approximate surface area is 178 Å². The van der Waals surface area contributed by atoms with Crippen LogP contribution in [0.5, 0.6) is 0 Å². The van der Waals surface area contributed by atoms with Crippen LogP contribution in [0.2, 0.25) is 0 Å². The van der Waals surface area contributed by atoms with Crippen LogP contribution in [0.4, 0.5) is 0 Å². The molecule has 164 valence electrons. The van der Waals surface area contributed by atoms with Gasteiger partial charge in [-0.15, -0.1) is 0 Å². The van der Waals surface area contributed by atoms with Gasteiger partial charge < -0.3 is 15.2 Å². The average Bonchev–Trinajstić information content (AvgIpc) is 2.74. The normalized spacial score (nSPS) is 15.4. The first-order valence-electron chi connectivity index (χ1n) is 10.6. The van der Waals surface area contributed by atoms with Crippen LogP contribution in [0, 0.1) is 17.8 Å². The molecule has 7 heteroatoms. The van der Waals surface area contributed by atoms with E-state index in [2.05, 4.69) is 15.3 Å². The van der Waals surface area contributed by atoms with E-state index in [1.807, 2.05) is 45.9 Å². The molecule has 1 aromatic heterocycles. The highest BCUT2D eigenvalue weighted by atomic mass is 16.6. The Kier molecular flexibility index (Phi) is 8.72. The van der Waals surface area contributed by atoms with Crippen molar-refractivity contribution in [2.45, 2.75) is 59.2 Å². The standard InChI is InChI=1S/C23H33N3O4/c1-6-15(4)21(20(27)12-16(11-14(2)3)22(28)24-5)30-23(29)19-13-25-17-9-7-8-10-18(17)26-19/h7-10,13-16,20-21,27H,6,11-12H2,1-5H3,(H,24,28)/t15?,16-,20+,21+/m1/s1. The molecule has 7 nitrogen and oxygen atoms in total. The zero-order valence-electron chi connectivity index (χ0n) is 18.5. The fourth-order valence-corrected chi connectivity index (χ4v) is 3.55. The summed E-state index contributed by atoms with van der Waals surface area (Å²) in [5, 5.41) is 13.6. The van der Waals surface area contributed by atoms with Crippen molar-refractivity contribution in [3.05, 3.63) is 36.2 Å². The van der Waals surface area contributed by atoms with Crippen LogP contribution < -0.4 is 5.32 Å². The number of nitrogens with one attached hydrogen (secondary N) is 1. The predicted octanol–water partition coefficient (Wildman–Crippen LogP) is 3.36. The van der Waals surface area contributed by atoms with Crippen LogP contribution in [0.3, 0.4) is 0 Å².